The lowest BCUT2D eigenvalue weighted by Crippen LogP contribution is -2.06. The average molecular weight is 417 g/mol. The summed E-state index contributed by atoms with van der Waals surface area (Å²) >= 11 is 1.37. The Balaban J connectivity index is 1.64. The summed E-state index contributed by atoms with van der Waals surface area (Å²) in [6.45, 7) is 0. The zero-order chi connectivity index (χ0) is 20.9. The lowest BCUT2D eigenvalue weighted by Gasteiger charge is -2.11. The number of carbonyl (C=O) groups excluding carboxylic acids is 1. The molecule has 0 fully saturated rings. The first-order chi connectivity index (χ1) is 14.7. The Morgan fingerprint density at radius 3 is 2.33 bits per heavy atom. The van der Waals surface area contributed by atoms with Gasteiger partial charge in [0.15, 0.2) is 5.78 Å². The minimum atomic E-state index is -0.0613. The van der Waals surface area contributed by atoms with Gasteiger partial charge in [0.2, 0.25) is 0 Å². The molecular formula is C24H20N2O3S. The molecule has 0 radical (unpaired) electrons. The van der Waals surface area contributed by atoms with Crippen LogP contribution in [0.5, 0.6) is 11.5 Å². The van der Waals surface area contributed by atoms with Gasteiger partial charge in [0, 0.05) is 16.3 Å². The molecule has 30 heavy (non-hydrogen) atoms. The number of Topliss-reactive ketones (excluding diaryl/α,β-unsaturated/α-hetero) is 1. The zero-order valence-electron chi connectivity index (χ0n) is 16.7. The third-order valence-electron chi connectivity index (χ3n) is 4.75. The van der Waals surface area contributed by atoms with Gasteiger partial charge in [0.05, 0.1) is 25.5 Å². The molecule has 150 valence electrons. The van der Waals surface area contributed by atoms with Gasteiger partial charge in [-0.25, -0.2) is 0 Å². The number of rotatable bonds is 7. The molecule has 1 heterocycles. The summed E-state index contributed by atoms with van der Waals surface area (Å²) in [6.07, 6.45) is 0. The van der Waals surface area contributed by atoms with Crippen molar-refractivity contribution in [2.24, 2.45) is 0 Å². The van der Waals surface area contributed by atoms with Crippen LogP contribution >= 0.6 is 11.8 Å². The first-order valence-corrected chi connectivity index (χ1v) is 10.4. The molecule has 0 aliphatic rings. The van der Waals surface area contributed by atoms with Crippen molar-refractivity contribution < 1.29 is 14.3 Å². The van der Waals surface area contributed by atoms with Gasteiger partial charge >= 0.3 is 0 Å². The minimum absolute atomic E-state index is 0.0613. The summed E-state index contributed by atoms with van der Waals surface area (Å²) in [5, 5.41) is 11.6. The normalized spacial score (nSPS) is 10.7. The maximum atomic E-state index is 12.9. The molecule has 0 amide bonds. The summed E-state index contributed by atoms with van der Waals surface area (Å²) in [7, 11) is 3.12. The fraction of sp³-hybridized carbons (Fsp3) is 0.125. The number of ketones is 1. The first kappa shape index (κ1) is 19.9. The van der Waals surface area contributed by atoms with E-state index in [4.69, 9.17) is 9.47 Å². The number of methoxy groups -OCH3 is 2. The molecular weight excluding hydrogens is 396 g/mol. The average Bonchev–Trinajstić information content (AvgIpc) is 2.82. The molecule has 1 aromatic heterocycles. The lowest BCUT2D eigenvalue weighted by molar-refractivity contribution is 0.101. The fourth-order valence-electron chi connectivity index (χ4n) is 3.24. The maximum Gasteiger partial charge on any atom is 0.177 e. The number of fused-ring (bicyclic) bond motifs is 1. The van der Waals surface area contributed by atoms with Gasteiger partial charge in [-0.15, -0.1) is 10.2 Å². The number of hydrogen-bond acceptors (Lipinski definition) is 6. The molecule has 4 rings (SSSR count). The van der Waals surface area contributed by atoms with E-state index in [9.17, 15) is 4.79 Å². The van der Waals surface area contributed by atoms with Crippen molar-refractivity contribution >= 4 is 28.3 Å². The van der Waals surface area contributed by atoms with E-state index < -0.39 is 0 Å². The standard InChI is InChI=1S/C24H20N2O3S/c1-28-17-12-13-22(29-2)20(14-17)21(27)15-30-24-19-11-7-6-10-18(19)23(25-26-24)16-8-4-3-5-9-16/h3-14H,15H2,1-2H3. The molecule has 5 nitrogen and oxygen atoms in total. The second kappa shape index (κ2) is 8.97. The van der Waals surface area contributed by atoms with Gasteiger partial charge in [-0.3, -0.25) is 4.79 Å². The number of thioether (sulfide) groups is 1. The highest BCUT2D eigenvalue weighted by molar-refractivity contribution is 8.00. The molecule has 0 spiro atoms. The molecule has 3 aromatic carbocycles. The van der Waals surface area contributed by atoms with E-state index in [1.165, 1.54) is 11.8 Å². The largest absolute Gasteiger partial charge is 0.497 e. The third kappa shape index (κ3) is 4.00. The fourth-order valence-corrected chi connectivity index (χ4v) is 4.09. The Labute approximate surface area is 179 Å². The van der Waals surface area contributed by atoms with E-state index in [2.05, 4.69) is 10.2 Å². The number of aromatic nitrogens is 2. The second-order valence-electron chi connectivity index (χ2n) is 6.54. The summed E-state index contributed by atoms with van der Waals surface area (Å²) in [4.78, 5) is 12.9. The zero-order valence-corrected chi connectivity index (χ0v) is 17.5. The van der Waals surface area contributed by atoms with Crippen LogP contribution in [0.25, 0.3) is 22.0 Å². The van der Waals surface area contributed by atoms with Crippen molar-refractivity contribution in [1.82, 2.24) is 10.2 Å². The van der Waals surface area contributed by atoms with Crippen molar-refractivity contribution in [2.75, 3.05) is 20.0 Å². The van der Waals surface area contributed by atoms with Gasteiger partial charge in [0.1, 0.15) is 22.2 Å². The molecule has 0 N–H and O–H groups in total. The van der Waals surface area contributed by atoms with Crippen LogP contribution in [0.4, 0.5) is 0 Å². The predicted octanol–water partition coefficient (Wildman–Crippen LogP) is 5.29. The minimum Gasteiger partial charge on any atom is -0.497 e. The van der Waals surface area contributed by atoms with E-state index in [0.717, 1.165) is 27.1 Å². The Morgan fingerprint density at radius 1 is 0.867 bits per heavy atom. The van der Waals surface area contributed by atoms with E-state index in [1.54, 1.807) is 32.4 Å². The van der Waals surface area contributed by atoms with E-state index in [0.29, 0.717) is 17.1 Å². The predicted molar refractivity (Wildman–Crippen MR) is 120 cm³/mol. The third-order valence-corrected chi connectivity index (χ3v) is 5.73. The second-order valence-corrected chi connectivity index (χ2v) is 7.51. The number of nitrogens with zero attached hydrogens (tertiary/aromatic N) is 2. The maximum absolute atomic E-state index is 12.9. The topological polar surface area (TPSA) is 61.3 Å². The number of hydrogen-bond donors (Lipinski definition) is 0. The molecule has 6 heteroatoms. The van der Waals surface area contributed by atoms with Crippen LogP contribution in [0.1, 0.15) is 10.4 Å². The van der Waals surface area contributed by atoms with Crippen LogP contribution in [0.3, 0.4) is 0 Å². The monoisotopic (exact) mass is 416 g/mol. The first-order valence-electron chi connectivity index (χ1n) is 9.40. The number of carbonyl (C=O) groups is 1. The molecule has 0 aliphatic heterocycles. The van der Waals surface area contributed by atoms with Gasteiger partial charge in [-0.1, -0.05) is 66.4 Å². The summed E-state index contributed by atoms with van der Waals surface area (Å²) < 4.78 is 10.6. The van der Waals surface area contributed by atoms with Crippen molar-refractivity contribution in [3.8, 4) is 22.8 Å². The van der Waals surface area contributed by atoms with Gasteiger partial charge < -0.3 is 9.47 Å². The molecule has 4 aromatic rings. The molecule has 0 unspecified atom stereocenters. The smallest absolute Gasteiger partial charge is 0.177 e. The van der Waals surface area contributed by atoms with Crippen LogP contribution in [-0.2, 0) is 0 Å². The Bertz CT molecular complexity index is 1200. The lowest BCUT2D eigenvalue weighted by atomic mass is 10.1. The van der Waals surface area contributed by atoms with Crippen LogP contribution in [0, 0.1) is 0 Å². The molecule has 0 saturated heterocycles. The highest BCUT2D eigenvalue weighted by Gasteiger charge is 2.17. The Morgan fingerprint density at radius 2 is 1.60 bits per heavy atom. The van der Waals surface area contributed by atoms with Crippen molar-refractivity contribution in [3.63, 3.8) is 0 Å². The number of ether oxygens (including phenoxy) is 2. The van der Waals surface area contributed by atoms with Crippen molar-refractivity contribution in [3.05, 3.63) is 78.4 Å². The van der Waals surface area contributed by atoms with Crippen LogP contribution in [-0.4, -0.2) is 36.0 Å². The van der Waals surface area contributed by atoms with E-state index in [-0.39, 0.29) is 11.5 Å². The Kier molecular flexibility index (Phi) is 5.95. The van der Waals surface area contributed by atoms with Crippen LogP contribution in [0.2, 0.25) is 0 Å². The van der Waals surface area contributed by atoms with Gasteiger partial charge in [0.25, 0.3) is 0 Å². The van der Waals surface area contributed by atoms with E-state index >= 15 is 0 Å². The van der Waals surface area contributed by atoms with Crippen molar-refractivity contribution in [2.45, 2.75) is 5.03 Å². The quantitative estimate of drug-likeness (QED) is 0.301. The van der Waals surface area contributed by atoms with Crippen LogP contribution in [0.15, 0.2) is 77.8 Å². The highest BCUT2D eigenvalue weighted by atomic mass is 32.2. The van der Waals surface area contributed by atoms with E-state index in [1.807, 2.05) is 54.6 Å². The summed E-state index contributed by atoms with van der Waals surface area (Å²) in [5.74, 6) is 1.29. The SMILES string of the molecule is COc1ccc(OC)c(C(=O)CSc2nnc(-c3ccccc3)c3ccccc23)c1. The molecule has 0 bridgehead atoms. The van der Waals surface area contributed by atoms with Crippen molar-refractivity contribution in [1.29, 1.82) is 0 Å². The summed E-state index contributed by atoms with van der Waals surface area (Å²) in [6, 6.07) is 23.2. The van der Waals surface area contributed by atoms with Gasteiger partial charge in [-0.05, 0) is 18.2 Å². The Hall–Kier alpha value is -3.38. The molecule has 0 aliphatic carbocycles. The number of benzene rings is 3. The molecule has 0 atom stereocenters. The highest BCUT2D eigenvalue weighted by Crippen LogP contribution is 2.33. The van der Waals surface area contributed by atoms with Gasteiger partial charge in [-0.2, -0.15) is 0 Å². The van der Waals surface area contributed by atoms with Crippen LogP contribution < -0.4 is 9.47 Å². The molecule has 0 saturated carbocycles. The summed E-state index contributed by atoms with van der Waals surface area (Å²) in [5.41, 5.74) is 2.33.